The normalized spacial score (nSPS) is 11.3. The number of pyridine rings is 1. The summed E-state index contributed by atoms with van der Waals surface area (Å²) in [5.74, 6) is 0.749. The van der Waals surface area contributed by atoms with Crippen LogP contribution >= 0.6 is 11.6 Å². The molecule has 0 radical (unpaired) electrons. The van der Waals surface area contributed by atoms with Crippen LogP contribution in [0.4, 0.5) is 0 Å². The molecule has 8 heteroatoms. The molecule has 0 unspecified atom stereocenters. The van der Waals surface area contributed by atoms with Gasteiger partial charge in [0.1, 0.15) is 11.3 Å². The van der Waals surface area contributed by atoms with E-state index >= 15 is 0 Å². The van der Waals surface area contributed by atoms with Crippen LogP contribution in [0.15, 0.2) is 67.4 Å². The van der Waals surface area contributed by atoms with Crippen molar-refractivity contribution in [3.8, 4) is 17.1 Å². The molecule has 0 spiro atoms. The number of imidazole rings is 1. The Morgan fingerprint density at radius 3 is 2.78 bits per heavy atom. The van der Waals surface area contributed by atoms with Gasteiger partial charge in [-0.2, -0.15) is 10.2 Å². The van der Waals surface area contributed by atoms with Gasteiger partial charge in [-0.15, -0.1) is 0 Å². The minimum Gasteiger partial charge on any atom is -0.335 e. The molecule has 5 rings (SSSR count). The van der Waals surface area contributed by atoms with E-state index in [2.05, 4.69) is 20.2 Å². The Hall–Kier alpha value is -3.45. The number of rotatable bonds is 4. The molecule has 0 saturated carbocycles. The number of fused-ring (bicyclic) bond motifs is 1. The number of H-pyrrole nitrogens is 1. The number of nitrogens with one attached hydrogen (secondary N) is 1. The minimum atomic E-state index is 0.637. The second kappa shape index (κ2) is 6.37. The molecule has 132 valence electrons. The standard InChI is InChI=1S/C19H14ClN7/c20-15-2-1-3-16(8-15)26-12-14(9-22-26)18-24-17-10-23-27(19(17)25-18)11-13-4-6-21-7-5-13/h1-10,12H,11H2,(H,24,25). The van der Waals surface area contributed by atoms with Crippen molar-refractivity contribution < 1.29 is 0 Å². The largest absolute Gasteiger partial charge is 0.335 e. The van der Waals surface area contributed by atoms with Crippen molar-refractivity contribution in [3.63, 3.8) is 0 Å². The number of nitrogens with zero attached hydrogens (tertiary/aromatic N) is 6. The first kappa shape index (κ1) is 15.8. The topological polar surface area (TPSA) is 77.2 Å². The van der Waals surface area contributed by atoms with Gasteiger partial charge in [-0.25, -0.2) is 14.3 Å². The van der Waals surface area contributed by atoms with Crippen LogP contribution in [0.25, 0.3) is 28.2 Å². The van der Waals surface area contributed by atoms with Gasteiger partial charge >= 0.3 is 0 Å². The lowest BCUT2D eigenvalue weighted by Crippen LogP contribution is -2.01. The van der Waals surface area contributed by atoms with E-state index in [0.29, 0.717) is 11.6 Å². The highest BCUT2D eigenvalue weighted by atomic mass is 35.5. The molecule has 0 amide bonds. The average Bonchev–Trinajstić information content (AvgIpc) is 3.39. The minimum absolute atomic E-state index is 0.637. The fourth-order valence-corrected chi connectivity index (χ4v) is 3.15. The third kappa shape index (κ3) is 2.98. The lowest BCUT2D eigenvalue weighted by Gasteiger charge is -2.01. The summed E-state index contributed by atoms with van der Waals surface area (Å²) in [6.45, 7) is 0.637. The summed E-state index contributed by atoms with van der Waals surface area (Å²) < 4.78 is 3.64. The molecule has 7 nitrogen and oxygen atoms in total. The predicted molar refractivity (Wildman–Crippen MR) is 103 cm³/mol. The number of aromatic nitrogens is 7. The van der Waals surface area contributed by atoms with E-state index in [-0.39, 0.29) is 0 Å². The van der Waals surface area contributed by atoms with Crippen LogP contribution in [-0.2, 0) is 6.54 Å². The van der Waals surface area contributed by atoms with Gasteiger partial charge in [0.15, 0.2) is 5.65 Å². The Morgan fingerprint density at radius 2 is 1.93 bits per heavy atom. The second-order valence-corrected chi connectivity index (χ2v) is 6.57. The summed E-state index contributed by atoms with van der Waals surface area (Å²) in [5, 5.41) is 9.50. The second-order valence-electron chi connectivity index (χ2n) is 6.13. The molecule has 27 heavy (non-hydrogen) atoms. The zero-order chi connectivity index (χ0) is 18.2. The fourth-order valence-electron chi connectivity index (χ4n) is 2.96. The first-order valence-electron chi connectivity index (χ1n) is 8.38. The van der Waals surface area contributed by atoms with E-state index in [9.17, 15) is 0 Å². The molecule has 4 aromatic heterocycles. The maximum atomic E-state index is 6.07. The Labute approximate surface area is 159 Å². The summed E-state index contributed by atoms with van der Waals surface area (Å²) in [5.41, 5.74) is 4.59. The van der Waals surface area contributed by atoms with Crippen molar-refractivity contribution in [2.45, 2.75) is 6.54 Å². The van der Waals surface area contributed by atoms with Gasteiger partial charge in [-0.3, -0.25) is 4.98 Å². The van der Waals surface area contributed by atoms with E-state index in [0.717, 1.165) is 33.8 Å². The zero-order valence-corrected chi connectivity index (χ0v) is 14.9. The van der Waals surface area contributed by atoms with Crippen LogP contribution < -0.4 is 0 Å². The van der Waals surface area contributed by atoms with Crippen molar-refractivity contribution in [2.75, 3.05) is 0 Å². The fraction of sp³-hybridized carbons (Fsp3) is 0.0526. The van der Waals surface area contributed by atoms with Crippen LogP contribution in [-0.4, -0.2) is 34.5 Å². The molecular formula is C19H14ClN7. The van der Waals surface area contributed by atoms with Crippen molar-refractivity contribution in [2.24, 2.45) is 0 Å². The van der Waals surface area contributed by atoms with Crippen LogP contribution in [0.3, 0.4) is 0 Å². The van der Waals surface area contributed by atoms with Gasteiger partial charge in [-0.05, 0) is 35.9 Å². The first-order chi connectivity index (χ1) is 13.3. The molecule has 1 aromatic carbocycles. The summed E-state index contributed by atoms with van der Waals surface area (Å²) in [6.07, 6.45) is 9.03. The van der Waals surface area contributed by atoms with Gasteiger partial charge in [0.25, 0.3) is 0 Å². The molecule has 0 fully saturated rings. The molecule has 4 heterocycles. The van der Waals surface area contributed by atoms with E-state index in [1.807, 2.05) is 47.3 Å². The van der Waals surface area contributed by atoms with Crippen LogP contribution in [0, 0.1) is 0 Å². The maximum absolute atomic E-state index is 6.07. The van der Waals surface area contributed by atoms with Crippen molar-refractivity contribution in [3.05, 3.63) is 78.0 Å². The predicted octanol–water partition coefficient (Wildman–Crippen LogP) is 3.71. The Balaban J connectivity index is 1.48. The van der Waals surface area contributed by atoms with E-state index in [1.165, 1.54) is 0 Å². The Morgan fingerprint density at radius 1 is 1.04 bits per heavy atom. The van der Waals surface area contributed by atoms with Gasteiger partial charge in [0.2, 0.25) is 0 Å². The number of halogens is 1. The van der Waals surface area contributed by atoms with Gasteiger partial charge in [0.05, 0.1) is 30.2 Å². The lowest BCUT2D eigenvalue weighted by molar-refractivity contribution is 0.704. The highest BCUT2D eigenvalue weighted by molar-refractivity contribution is 6.30. The quantitative estimate of drug-likeness (QED) is 0.519. The number of hydrogen-bond donors (Lipinski definition) is 1. The molecule has 5 aromatic rings. The van der Waals surface area contributed by atoms with Crippen LogP contribution in [0.1, 0.15) is 5.56 Å². The number of hydrogen-bond acceptors (Lipinski definition) is 4. The number of aromatic amines is 1. The Kier molecular flexibility index (Phi) is 3.72. The van der Waals surface area contributed by atoms with Gasteiger partial charge < -0.3 is 4.98 Å². The number of benzene rings is 1. The summed E-state index contributed by atoms with van der Waals surface area (Å²) in [7, 11) is 0. The summed E-state index contributed by atoms with van der Waals surface area (Å²) >= 11 is 6.07. The molecule has 0 saturated heterocycles. The van der Waals surface area contributed by atoms with Crippen LogP contribution in [0.5, 0.6) is 0 Å². The highest BCUT2D eigenvalue weighted by Crippen LogP contribution is 2.22. The van der Waals surface area contributed by atoms with Gasteiger partial charge in [0, 0.05) is 23.6 Å². The van der Waals surface area contributed by atoms with Crippen molar-refractivity contribution in [1.29, 1.82) is 0 Å². The van der Waals surface area contributed by atoms with E-state index in [4.69, 9.17) is 16.6 Å². The summed E-state index contributed by atoms with van der Waals surface area (Å²) in [4.78, 5) is 12.1. The molecule has 0 atom stereocenters. The SMILES string of the molecule is Clc1cccc(-n2cc(-c3nc4c(cnn4Cc4ccncc4)[nH]3)cn2)c1. The monoisotopic (exact) mass is 375 g/mol. The zero-order valence-electron chi connectivity index (χ0n) is 14.1. The average molecular weight is 376 g/mol. The Bertz CT molecular complexity index is 1220. The maximum Gasteiger partial charge on any atom is 0.177 e. The first-order valence-corrected chi connectivity index (χ1v) is 8.75. The van der Waals surface area contributed by atoms with Crippen LogP contribution in [0.2, 0.25) is 5.02 Å². The van der Waals surface area contributed by atoms with Crippen molar-refractivity contribution in [1.82, 2.24) is 34.5 Å². The third-order valence-electron chi connectivity index (χ3n) is 4.29. The lowest BCUT2D eigenvalue weighted by atomic mass is 10.3. The van der Waals surface area contributed by atoms with E-state index < -0.39 is 0 Å². The molecular weight excluding hydrogens is 362 g/mol. The molecule has 0 aliphatic rings. The van der Waals surface area contributed by atoms with Crippen molar-refractivity contribution >= 4 is 22.8 Å². The smallest absolute Gasteiger partial charge is 0.177 e. The summed E-state index contributed by atoms with van der Waals surface area (Å²) in [6, 6.07) is 11.5. The molecule has 0 bridgehead atoms. The molecule has 0 aliphatic heterocycles. The third-order valence-corrected chi connectivity index (χ3v) is 4.53. The molecule has 1 N–H and O–H groups in total. The highest BCUT2D eigenvalue weighted by Gasteiger charge is 2.13. The molecule has 0 aliphatic carbocycles. The van der Waals surface area contributed by atoms with E-state index in [1.54, 1.807) is 29.5 Å². The van der Waals surface area contributed by atoms with Gasteiger partial charge in [-0.1, -0.05) is 17.7 Å².